The topological polar surface area (TPSA) is 29.1 Å². The Balaban J connectivity index is 2.57. The van der Waals surface area contributed by atoms with Gasteiger partial charge in [-0.2, -0.15) is 0 Å². The Bertz CT molecular complexity index is 365. The molecule has 0 heterocycles. The molecule has 0 aliphatic rings. The first kappa shape index (κ1) is 13.0. The quantitative estimate of drug-likeness (QED) is 0.794. The summed E-state index contributed by atoms with van der Waals surface area (Å²) in [6, 6.07) is 4.04. The number of anilines is 1. The highest BCUT2D eigenvalue weighted by molar-refractivity contribution is 6.33. The van der Waals surface area contributed by atoms with E-state index in [0.717, 1.165) is 34.8 Å². The average Bonchev–Trinajstić information content (AvgIpc) is 2.14. The van der Waals surface area contributed by atoms with Gasteiger partial charge in [0.1, 0.15) is 5.78 Å². The first-order valence-electron chi connectivity index (χ1n) is 5.50. The summed E-state index contributed by atoms with van der Waals surface area (Å²) in [5.41, 5.74) is 3.29. The number of carbonyl (C=O) groups excluding carboxylic acids is 1. The number of Topliss-reactive ketones (excluding diaryl/α,β-unsaturated/α-hetero) is 1. The fourth-order valence-electron chi connectivity index (χ4n) is 1.69. The van der Waals surface area contributed by atoms with Crippen molar-refractivity contribution in [1.82, 2.24) is 0 Å². The largest absolute Gasteiger partial charge is 0.384 e. The zero-order valence-corrected chi connectivity index (χ0v) is 10.8. The lowest BCUT2D eigenvalue weighted by atomic mass is 10.1. The predicted molar refractivity (Wildman–Crippen MR) is 69.3 cm³/mol. The van der Waals surface area contributed by atoms with Crippen molar-refractivity contribution in [3.63, 3.8) is 0 Å². The van der Waals surface area contributed by atoms with Gasteiger partial charge in [-0.3, -0.25) is 0 Å². The second kappa shape index (κ2) is 5.90. The molecule has 0 atom stereocenters. The fourth-order valence-corrected chi connectivity index (χ4v) is 2.08. The van der Waals surface area contributed by atoms with Crippen molar-refractivity contribution in [3.05, 3.63) is 28.3 Å². The molecule has 0 bridgehead atoms. The minimum absolute atomic E-state index is 0.230. The van der Waals surface area contributed by atoms with E-state index in [9.17, 15) is 4.79 Å². The molecule has 1 aromatic rings. The molecule has 0 saturated heterocycles. The van der Waals surface area contributed by atoms with Crippen LogP contribution in [0.2, 0.25) is 5.02 Å². The van der Waals surface area contributed by atoms with E-state index in [-0.39, 0.29) is 5.78 Å². The van der Waals surface area contributed by atoms with Gasteiger partial charge in [0.2, 0.25) is 0 Å². The van der Waals surface area contributed by atoms with Crippen molar-refractivity contribution in [1.29, 1.82) is 0 Å². The van der Waals surface area contributed by atoms with Crippen molar-refractivity contribution in [2.45, 2.75) is 33.6 Å². The molecule has 0 aliphatic heterocycles. The Labute approximate surface area is 102 Å². The Morgan fingerprint density at radius 2 is 2.06 bits per heavy atom. The molecule has 1 N–H and O–H groups in total. The van der Waals surface area contributed by atoms with Crippen LogP contribution < -0.4 is 5.32 Å². The summed E-state index contributed by atoms with van der Waals surface area (Å²) in [5, 5.41) is 4.03. The summed E-state index contributed by atoms with van der Waals surface area (Å²) >= 11 is 6.15. The minimum atomic E-state index is 0.230. The second-order valence-electron chi connectivity index (χ2n) is 4.17. The van der Waals surface area contributed by atoms with Gasteiger partial charge in [-0.15, -0.1) is 0 Å². The van der Waals surface area contributed by atoms with Crippen LogP contribution in [0.3, 0.4) is 0 Å². The molecule has 2 nitrogen and oxygen atoms in total. The third kappa shape index (κ3) is 3.86. The second-order valence-corrected chi connectivity index (χ2v) is 4.58. The van der Waals surface area contributed by atoms with Gasteiger partial charge in [0.15, 0.2) is 0 Å². The standard InChI is InChI=1S/C13H18ClNO/c1-9-7-10(2)13(12(14)8-9)15-6-4-5-11(3)16/h7-8,15H,4-6H2,1-3H3. The smallest absolute Gasteiger partial charge is 0.129 e. The first-order valence-corrected chi connectivity index (χ1v) is 5.88. The van der Waals surface area contributed by atoms with E-state index in [1.54, 1.807) is 6.92 Å². The molecule has 0 spiro atoms. The van der Waals surface area contributed by atoms with Crippen LogP contribution in [-0.4, -0.2) is 12.3 Å². The molecule has 1 aromatic carbocycles. The van der Waals surface area contributed by atoms with Crippen LogP contribution in [0.25, 0.3) is 0 Å². The average molecular weight is 240 g/mol. The molecular weight excluding hydrogens is 222 g/mol. The highest BCUT2D eigenvalue weighted by Gasteiger charge is 2.04. The summed E-state index contributed by atoms with van der Waals surface area (Å²) < 4.78 is 0. The SMILES string of the molecule is CC(=O)CCCNc1c(C)cc(C)cc1Cl. The van der Waals surface area contributed by atoms with Crippen molar-refractivity contribution < 1.29 is 4.79 Å². The molecule has 88 valence electrons. The molecule has 0 fully saturated rings. The van der Waals surface area contributed by atoms with E-state index < -0.39 is 0 Å². The van der Waals surface area contributed by atoms with Gasteiger partial charge in [0.05, 0.1) is 10.7 Å². The van der Waals surface area contributed by atoms with Gasteiger partial charge in [-0.05, 0) is 44.4 Å². The monoisotopic (exact) mass is 239 g/mol. The van der Waals surface area contributed by atoms with Crippen molar-refractivity contribution in [3.8, 4) is 0 Å². The summed E-state index contributed by atoms with van der Waals surface area (Å²) in [6.07, 6.45) is 1.47. The predicted octanol–water partition coefficient (Wildman–Crippen LogP) is 3.74. The van der Waals surface area contributed by atoms with Crippen molar-refractivity contribution in [2.75, 3.05) is 11.9 Å². The molecule has 3 heteroatoms. The van der Waals surface area contributed by atoms with Gasteiger partial charge in [-0.25, -0.2) is 0 Å². The van der Waals surface area contributed by atoms with Crippen molar-refractivity contribution >= 4 is 23.1 Å². The molecule has 0 radical (unpaired) electrons. The molecular formula is C13H18ClNO. The molecule has 16 heavy (non-hydrogen) atoms. The number of hydrogen-bond donors (Lipinski definition) is 1. The molecule has 0 aromatic heterocycles. The van der Waals surface area contributed by atoms with Crippen LogP contribution in [0.1, 0.15) is 30.9 Å². The van der Waals surface area contributed by atoms with E-state index in [1.165, 1.54) is 0 Å². The number of benzene rings is 1. The maximum Gasteiger partial charge on any atom is 0.129 e. The van der Waals surface area contributed by atoms with Crippen LogP contribution in [0.5, 0.6) is 0 Å². The van der Waals surface area contributed by atoms with Crippen LogP contribution >= 0.6 is 11.6 Å². The zero-order valence-electron chi connectivity index (χ0n) is 10.1. The summed E-state index contributed by atoms with van der Waals surface area (Å²) in [7, 11) is 0. The van der Waals surface area contributed by atoms with E-state index >= 15 is 0 Å². The number of hydrogen-bond acceptors (Lipinski definition) is 2. The normalized spacial score (nSPS) is 10.2. The lowest BCUT2D eigenvalue weighted by Gasteiger charge is -2.12. The van der Waals surface area contributed by atoms with Gasteiger partial charge >= 0.3 is 0 Å². The number of nitrogens with one attached hydrogen (secondary N) is 1. The Morgan fingerprint density at radius 1 is 1.38 bits per heavy atom. The van der Waals surface area contributed by atoms with E-state index in [1.807, 2.05) is 19.9 Å². The fraction of sp³-hybridized carbons (Fsp3) is 0.462. The van der Waals surface area contributed by atoms with E-state index in [2.05, 4.69) is 11.4 Å². The lowest BCUT2D eigenvalue weighted by Crippen LogP contribution is -2.05. The maximum atomic E-state index is 10.8. The third-order valence-electron chi connectivity index (χ3n) is 2.44. The number of ketones is 1. The molecule has 0 amide bonds. The number of rotatable bonds is 5. The van der Waals surface area contributed by atoms with Gasteiger partial charge in [-0.1, -0.05) is 17.7 Å². The number of carbonyl (C=O) groups is 1. The van der Waals surface area contributed by atoms with Crippen molar-refractivity contribution in [2.24, 2.45) is 0 Å². The Hall–Kier alpha value is -1.02. The van der Waals surface area contributed by atoms with Gasteiger partial charge in [0, 0.05) is 13.0 Å². The lowest BCUT2D eigenvalue weighted by molar-refractivity contribution is -0.117. The van der Waals surface area contributed by atoms with Gasteiger partial charge < -0.3 is 10.1 Å². The van der Waals surface area contributed by atoms with Crippen LogP contribution in [0.15, 0.2) is 12.1 Å². The highest BCUT2D eigenvalue weighted by Crippen LogP contribution is 2.27. The maximum absolute atomic E-state index is 10.8. The highest BCUT2D eigenvalue weighted by atomic mass is 35.5. The zero-order chi connectivity index (χ0) is 12.1. The Morgan fingerprint density at radius 3 is 2.62 bits per heavy atom. The molecule has 0 unspecified atom stereocenters. The number of halogens is 1. The third-order valence-corrected chi connectivity index (χ3v) is 2.74. The Kier molecular flexibility index (Phi) is 4.81. The van der Waals surface area contributed by atoms with Gasteiger partial charge in [0.25, 0.3) is 0 Å². The molecule has 1 rings (SSSR count). The van der Waals surface area contributed by atoms with E-state index in [0.29, 0.717) is 6.42 Å². The van der Waals surface area contributed by atoms with E-state index in [4.69, 9.17) is 11.6 Å². The summed E-state index contributed by atoms with van der Waals surface area (Å²) in [5.74, 6) is 0.230. The van der Waals surface area contributed by atoms with Crippen LogP contribution in [0.4, 0.5) is 5.69 Å². The first-order chi connectivity index (χ1) is 7.50. The summed E-state index contributed by atoms with van der Waals surface area (Å²) in [6.45, 7) is 6.46. The molecule has 0 saturated carbocycles. The summed E-state index contributed by atoms with van der Waals surface area (Å²) in [4.78, 5) is 10.8. The number of aryl methyl sites for hydroxylation is 2. The van der Waals surface area contributed by atoms with Crippen LogP contribution in [-0.2, 0) is 4.79 Å². The molecule has 0 aliphatic carbocycles. The minimum Gasteiger partial charge on any atom is -0.384 e. The van der Waals surface area contributed by atoms with Crippen LogP contribution in [0, 0.1) is 13.8 Å².